The summed E-state index contributed by atoms with van der Waals surface area (Å²) in [6.45, 7) is 6.41. The summed E-state index contributed by atoms with van der Waals surface area (Å²) in [5.74, 6) is 1.30. The highest BCUT2D eigenvalue weighted by atomic mass is 32.2. The Bertz CT molecular complexity index is 897. The highest BCUT2D eigenvalue weighted by Crippen LogP contribution is 2.27. The number of sulfonamides is 1. The molecule has 0 radical (unpaired) electrons. The van der Waals surface area contributed by atoms with Gasteiger partial charge in [-0.3, -0.25) is 9.10 Å². The molecule has 1 aromatic carbocycles. The molecule has 0 atom stereocenters. The summed E-state index contributed by atoms with van der Waals surface area (Å²) in [6, 6.07) is 7.30. The molecule has 1 heterocycles. The predicted molar refractivity (Wildman–Crippen MR) is 117 cm³/mol. The first kappa shape index (κ1) is 22.6. The van der Waals surface area contributed by atoms with Gasteiger partial charge in [0, 0.05) is 18.7 Å². The van der Waals surface area contributed by atoms with Crippen LogP contribution in [0.1, 0.15) is 32.3 Å². The van der Waals surface area contributed by atoms with Gasteiger partial charge in [-0.2, -0.15) is 0 Å². The van der Waals surface area contributed by atoms with Gasteiger partial charge < -0.3 is 5.32 Å². The van der Waals surface area contributed by atoms with Crippen molar-refractivity contribution in [3.05, 3.63) is 29.8 Å². The van der Waals surface area contributed by atoms with Crippen molar-refractivity contribution in [2.45, 2.75) is 38.0 Å². The highest BCUT2D eigenvalue weighted by Gasteiger charge is 2.18. The van der Waals surface area contributed by atoms with Crippen LogP contribution in [0.2, 0.25) is 0 Å². The monoisotopic (exact) mass is 442 g/mol. The number of carbonyl (C=O) groups is 1. The SMILES string of the molecule is Cc1cccc(N(CCCC(=O)Nc2nnc(SCC(C)C)s2)S(C)(=O)=O)c1. The van der Waals surface area contributed by atoms with E-state index >= 15 is 0 Å². The molecule has 0 spiro atoms. The third kappa shape index (κ3) is 7.40. The Morgan fingerprint density at radius 1 is 1.32 bits per heavy atom. The van der Waals surface area contributed by atoms with Crippen molar-refractivity contribution in [1.82, 2.24) is 10.2 Å². The smallest absolute Gasteiger partial charge is 0.232 e. The topological polar surface area (TPSA) is 92.3 Å². The van der Waals surface area contributed by atoms with Crippen molar-refractivity contribution in [2.24, 2.45) is 5.92 Å². The van der Waals surface area contributed by atoms with E-state index in [-0.39, 0.29) is 18.9 Å². The molecule has 10 heteroatoms. The molecule has 7 nitrogen and oxygen atoms in total. The van der Waals surface area contributed by atoms with Gasteiger partial charge in [0.15, 0.2) is 4.34 Å². The van der Waals surface area contributed by atoms with E-state index in [9.17, 15) is 13.2 Å². The van der Waals surface area contributed by atoms with Crippen LogP contribution in [-0.4, -0.2) is 43.1 Å². The van der Waals surface area contributed by atoms with Crippen LogP contribution in [-0.2, 0) is 14.8 Å². The molecule has 1 N–H and O–H groups in total. The van der Waals surface area contributed by atoms with Crippen LogP contribution < -0.4 is 9.62 Å². The zero-order chi connectivity index (χ0) is 20.7. The summed E-state index contributed by atoms with van der Waals surface area (Å²) in [6.07, 6.45) is 1.78. The molecule has 1 aromatic heterocycles. The van der Waals surface area contributed by atoms with Crippen LogP contribution in [0.15, 0.2) is 28.6 Å². The van der Waals surface area contributed by atoms with Crippen molar-refractivity contribution < 1.29 is 13.2 Å². The third-order valence-electron chi connectivity index (χ3n) is 3.65. The van der Waals surface area contributed by atoms with Gasteiger partial charge in [-0.15, -0.1) is 10.2 Å². The predicted octanol–water partition coefficient (Wildman–Crippen LogP) is 3.78. The van der Waals surface area contributed by atoms with Crippen molar-refractivity contribution >= 4 is 49.8 Å². The number of nitrogens with zero attached hydrogens (tertiary/aromatic N) is 3. The molecule has 0 aliphatic rings. The first-order valence-electron chi connectivity index (χ1n) is 8.95. The van der Waals surface area contributed by atoms with Gasteiger partial charge in [0.1, 0.15) is 0 Å². The molecule has 0 saturated carbocycles. The van der Waals surface area contributed by atoms with Gasteiger partial charge >= 0.3 is 0 Å². The first-order valence-corrected chi connectivity index (χ1v) is 12.6. The van der Waals surface area contributed by atoms with Crippen LogP contribution in [0.3, 0.4) is 0 Å². The van der Waals surface area contributed by atoms with Crippen LogP contribution >= 0.6 is 23.1 Å². The standard InChI is InChI=1S/C18H26N4O3S3/c1-13(2)12-26-18-21-20-17(27-18)19-16(23)9-6-10-22(28(4,24)25)15-8-5-7-14(3)11-15/h5,7-8,11,13H,6,9-10,12H2,1-4H3,(H,19,20,23). The van der Waals surface area contributed by atoms with E-state index in [1.807, 2.05) is 25.1 Å². The molecule has 0 aliphatic carbocycles. The minimum absolute atomic E-state index is 0.200. The van der Waals surface area contributed by atoms with Crippen LogP contribution in [0, 0.1) is 12.8 Å². The van der Waals surface area contributed by atoms with E-state index in [4.69, 9.17) is 0 Å². The van der Waals surface area contributed by atoms with Gasteiger partial charge in [0.05, 0.1) is 11.9 Å². The number of aromatic nitrogens is 2. The number of thioether (sulfide) groups is 1. The van der Waals surface area contributed by atoms with E-state index in [0.717, 1.165) is 15.7 Å². The first-order chi connectivity index (χ1) is 13.1. The van der Waals surface area contributed by atoms with E-state index in [1.165, 1.54) is 21.9 Å². The molecule has 0 unspecified atom stereocenters. The number of hydrogen-bond acceptors (Lipinski definition) is 7. The second-order valence-corrected chi connectivity index (χ2v) is 11.1. The maximum absolute atomic E-state index is 12.2. The fraction of sp³-hybridized carbons (Fsp3) is 0.500. The number of rotatable bonds is 10. The molecule has 0 saturated heterocycles. The summed E-state index contributed by atoms with van der Waals surface area (Å²) >= 11 is 2.97. The molecule has 0 bridgehead atoms. The molecule has 2 aromatic rings. The maximum Gasteiger partial charge on any atom is 0.232 e. The van der Waals surface area contributed by atoms with Crippen LogP contribution in [0.4, 0.5) is 10.8 Å². The summed E-state index contributed by atoms with van der Waals surface area (Å²) < 4.78 is 26.4. The Kier molecular flexibility index (Phi) is 8.26. The van der Waals surface area contributed by atoms with Crippen molar-refractivity contribution in [3.63, 3.8) is 0 Å². The fourth-order valence-electron chi connectivity index (χ4n) is 2.39. The van der Waals surface area contributed by atoms with Gasteiger partial charge in [-0.05, 0) is 37.0 Å². The zero-order valence-electron chi connectivity index (χ0n) is 16.5. The molecule has 28 heavy (non-hydrogen) atoms. The Labute approximate surface area is 175 Å². The summed E-state index contributed by atoms with van der Waals surface area (Å²) in [7, 11) is -3.42. The van der Waals surface area contributed by atoms with E-state index in [2.05, 4.69) is 29.4 Å². The molecular weight excluding hydrogens is 416 g/mol. The van der Waals surface area contributed by atoms with Crippen molar-refractivity contribution in [2.75, 3.05) is 28.2 Å². The quantitative estimate of drug-likeness (QED) is 0.445. The number of amides is 1. The lowest BCUT2D eigenvalue weighted by Crippen LogP contribution is -2.31. The molecule has 154 valence electrons. The van der Waals surface area contributed by atoms with Crippen molar-refractivity contribution in [1.29, 1.82) is 0 Å². The minimum atomic E-state index is -3.42. The molecule has 2 rings (SSSR count). The molecule has 1 amide bonds. The maximum atomic E-state index is 12.2. The number of carbonyl (C=O) groups excluding carboxylic acids is 1. The largest absolute Gasteiger partial charge is 0.301 e. The van der Waals surface area contributed by atoms with E-state index < -0.39 is 10.0 Å². The lowest BCUT2D eigenvalue weighted by molar-refractivity contribution is -0.116. The lowest BCUT2D eigenvalue weighted by Gasteiger charge is -2.22. The van der Waals surface area contributed by atoms with Crippen LogP contribution in [0.5, 0.6) is 0 Å². The molecule has 0 aliphatic heterocycles. The average Bonchev–Trinajstić information content (AvgIpc) is 3.03. The minimum Gasteiger partial charge on any atom is -0.301 e. The Morgan fingerprint density at radius 2 is 2.07 bits per heavy atom. The number of hydrogen-bond donors (Lipinski definition) is 1. The summed E-state index contributed by atoms with van der Waals surface area (Å²) in [4.78, 5) is 12.2. The highest BCUT2D eigenvalue weighted by molar-refractivity contribution is 8.01. The zero-order valence-corrected chi connectivity index (χ0v) is 19.0. The Balaban J connectivity index is 1.87. The van der Waals surface area contributed by atoms with Gasteiger partial charge in [0.25, 0.3) is 0 Å². The van der Waals surface area contributed by atoms with Crippen LogP contribution in [0.25, 0.3) is 0 Å². The summed E-state index contributed by atoms with van der Waals surface area (Å²) in [5, 5.41) is 11.2. The second-order valence-electron chi connectivity index (χ2n) is 6.90. The number of anilines is 2. The van der Waals surface area contributed by atoms with E-state index in [1.54, 1.807) is 17.8 Å². The van der Waals surface area contributed by atoms with Gasteiger partial charge in [-0.25, -0.2) is 8.42 Å². The Morgan fingerprint density at radius 3 is 2.71 bits per heavy atom. The van der Waals surface area contributed by atoms with Gasteiger partial charge in [-0.1, -0.05) is 49.1 Å². The summed E-state index contributed by atoms with van der Waals surface area (Å²) in [5.41, 5.74) is 1.59. The number of aryl methyl sites for hydroxylation is 1. The molecule has 0 fully saturated rings. The van der Waals surface area contributed by atoms with Gasteiger partial charge in [0.2, 0.25) is 21.1 Å². The molecular formula is C18H26N4O3S3. The third-order valence-corrected chi connectivity index (χ3v) is 7.24. The Hall–Kier alpha value is -1.65. The van der Waals surface area contributed by atoms with E-state index in [0.29, 0.717) is 23.2 Å². The fourth-order valence-corrected chi connectivity index (χ4v) is 5.09. The van der Waals surface area contributed by atoms with Crippen molar-refractivity contribution in [3.8, 4) is 0 Å². The average molecular weight is 443 g/mol. The lowest BCUT2D eigenvalue weighted by atomic mass is 10.2. The normalized spacial score (nSPS) is 11.6. The second kappa shape index (κ2) is 10.2. The number of benzene rings is 1. The number of nitrogens with one attached hydrogen (secondary N) is 1.